The minimum Gasteiger partial charge on any atom is -0.317 e. The van der Waals surface area contributed by atoms with Crippen LogP contribution in [0, 0.1) is 6.92 Å². The Morgan fingerprint density at radius 2 is 1.65 bits per heavy atom. The van der Waals surface area contributed by atoms with Crippen molar-refractivity contribution in [2.45, 2.75) is 77.7 Å². The van der Waals surface area contributed by atoms with Crippen LogP contribution in [0.1, 0.15) is 69.4 Å². The predicted octanol–water partition coefficient (Wildman–Crippen LogP) is 5.27. The molecule has 0 saturated carbocycles. The number of hydrogen-bond donors (Lipinski definition) is 1. The molecule has 0 aliphatic rings. The zero-order chi connectivity index (χ0) is 14.6. The average molecular weight is 275 g/mol. The summed E-state index contributed by atoms with van der Waals surface area (Å²) >= 11 is 0. The van der Waals surface area contributed by atoms with E-state index in [0.29, 0.717) is 6.04 Å². The lowest BCUT2D eigenvalue weighted by Crippen LogP contribution is -2.25. The van der Waals surface area contributed by atoms with E-state index in [1.165, 1.54) is 68.9 Å². The molecule has 0 aromatic heterocycles. The highest BCUT2D eigenvalue weighted by atomic mass is 14.9. The highest BCUT2D eigenvalue weighted by Gasteiger charge is 2.07. The number of hydrogen-bond acceptors (Lipinski definition) is 1. The van der Waals surface area contributed by atoms with Crippen LogP contribution in [0.15, 0.2) is 24.3 Å². The minimum atomic E-state index is 0.681. The van der Waals surface area contributed by atoms with Crippen molar-refractivity contribution >= 4 is 0 Å². The van der Waals surface area contributed by atoms with Crippen molar-refractivity contribution in [1.82, 2.24) is 5.32 Å². The topological polar surface area (TPSA) is 12.0 Å². The van der Waals surface area contributed by atoms with Crippen LogP contribution in [0.2, 0.25) is 0 Å². The summed E-state index contributed by atoms with van der Waals surface area (Å²) in [5, 5.41) is 3.49. The van der Waals surface area contributed by atoms with Gasteiger partial charge in [0, 0.05) is 6.04 Å². The molecule has 0 saturated heterocycles. The largest absolute Gasteiger partial charge is 0.317 e. The summed E-state index contributed by atoms with van der Waals surface area (Å²) < 4.78 is 0. The van der Waals surface area contributed by atoms with Gasteiger partial charge in [0.15, 0.2) is 0 Å². The van der Waals surface area contributed by atoms with Gasteiger partial charge in [0.25, 0.3) is 0 Å². The van der Waals surface area contributed by atoms with Crippen molar-refractivity contribution in [3.8, 4) is 0 Å². The fraction of sp³-hybridized carbons (Fsp3) is 0.684. The van der Waals surface area contributed by atoms with Crippen molar-refractivity contribution in [3.63, 3.8) is 0 Å². The van der Waals surface area contributed by atoms with Crippen LogP contribution in [0.5, 0.6) is 0 Å². The number of rotatable bonds is 11. The SMILES string of the molecule is CCCCCCCCC(CCc1ccccc1C)NC. The highest BCUT2D eigenvalue weighted by molar-refractivity contribution is 5.25. The van der Waals surface area contributed by atoms with E-state index in [0.717, 1.165) is 0 Å². The van der Waals surface area contributed by atoms with Crippen LogP contribution in [0.3, 0.4) is 0 Å². The highest BCUT2D eigenvalue weighted by Crippen LogP contribution is 2.14. The van der Waals surface area contributed by atoms with E-state index in [9.17, 15) is 0 Å². The van der Waals surface area contributed by atoms with E-state index < -0.39 is 0 Å². The predicted molar refractivity (Wildman–Crippen MR) is 90.3 cm³/mol. The zero-order valence-corrected chi connectivity index (χ0v) is 13.8. The molecular formula is C19H33N. The van der Waals surface area contributed by atoms with E-state index in [2.05, 4.69) is 50.5 Å². The van der Waals surface area contributed by atoms with E-state index in [4.69, 9.17) is 0 Å². The van der Waals surface area contributed by atoms with Crippen molar-refractivity contribution in [1.29, 1.82) is 0 Å². The van der Waals surface area contributed by atoms with Crippen molar-refractivity contribution in [2.24, 2.45) is 0 Å². The Balaban J connectivity index is 2.18. The molecule has 0 heterocycles. The Morgan fingerprint density at radius 1 is 0.950 bits per heavy atom. The molecule has 1 aromatic rings. The molecule has 0 aliphatic carbocycles. The Morgan fingerprint density at radius 3 is 2.35 bits per heavy atom. The lowest BCUT2D eigenvalue weighted by atomic mass is 9.97. The van der Waals surface area contributed by atoms with Crippen molar-refractivity contribution < 1.29 is 0 Å². The lowest BCUT2D eigenvalue weighted by molar-refractivity contribution is 0.457. The van der Waals surface area contributed by atoms with Gasteiger partial charge in [-0.3, -0.25) is 0 Å². The third-order valence-electron chi connectivity index (χ3n) is 4.34. The number of unbranched alkanes of at least 4 members (excludes halogenated alkanes) is 5. The van der Waals surface area contributed by atoms with Crippen LogP contribution in [-0.4, -0.2) is 13.1 Å². The van der Waals surface area contributed by atoms with Crippen LogP contribution in [-0.2, 0) is 6.42 Å². The van der Waals surface area contributed by atoms with Gasteiger partial charge in [-0.2, -0.15) is 0 Å². The number of benzene rings is 1. The zero-order valence-electron chi connectivity index (χ0n) is 13.8. The fourth-order valence-electron chi connectivity index (χ4n) is 2.82. The fourth-order valence-corrected chi connectivity index (χ4v) is 2.82. The third kappa shape index (κ3) is 7.09. The maximum absolute atomic E-state index is 3.49. The van der Waals surface area contributed by atoms with Gasteiger partial charge in [-0.25, -0.2) is 0 Å². The Kier molecular flexibility index (Phi) is 9.40. The second-order valence-corrected chi connectivity index (χ2v) is 6.01. The van der Waals surface area contributed by atoms with Crippen LogP contribution < -0.4 is 5.32 Å². The van der Waals surface area contributed by atoms with Gasteiger partial charge in [0.05, 0.1) is 0 Å². The molecule has 1 nitrogen and oxygen atoms in total. The minimum absolute atomic E-state index is 0.681. The summed E-state index contributed by atoms with van der Waals surface area (Å²) in [6.45, 7) is 4.50. The quantitative estimate of drug-likeness (QED) is 0.543. The second-order valence-electron chi connectivity index (χ2n) is 6.01. The van der Waals surface area contributed by atoms with Gasteiger partial charge >= 0.3 is 0 Å². The average Bonchev–Trinajstić information content (AvgIpc) is 2.47. The summed E-state index contributed by atoms with van der Waals surface area (Å²) in [4.78, 5) is 0. The Labute approximate surface area is 126 Å². The first kappa shape index (κ1) is 17.2. The number of nitrogens with one attached hydrogen (secondary N) is 1. The molecule has 0 radical (unpaired) electrons. The van der Waals surface area contributed by atoms with Gasteiger partial charge in [-0.05, 0) is 44.4 Å². The van der Waals surface area contributed by atoms with E-state index in [1.807, 2.05) is 0 Å². The Hall–Kier alpha value is -0.820. The molecule has 0 aliphatic heterocycles. The summed E-state index contributed by atoms with van der Waals surface area (Å²) in [6.07, 6.45) is 12.2. The molecule has 1 heteroatoms. The maximum atomic E-state index is 3.49. The molecule has 0 bridgehead atoms. The standard InChI is InChI=1S/C19H33N/c1-4-5-6-7-8-9-14-19(20-3)16-15-18-13-11-10-12-17(18)2/h10-13,19-20H,4-9,14-16H2,1-3H3. The molecule has 1 aromatic carbocycles. The molecule has 114 valence electrons. The molecule has 1 rings (SSSR count). The van der Waals surface area contributed by atoms with E-state index in [1.54, 1.807) is 0 Å². The first-order chi connectivity index (χ1) is 9.77. The molecule has 1 unspecified atom stereocenters. The van der Waals surface area contributed by atoms with Crippen molar-refractivity contribution in [3.05, 3.63) is 35.4 Å². The first-order valence-corrected chi connectivity index (χ1v) is 8.49. The third-order valence-corrected chi connectivity index (χ3v) is 4.34. The molecule has 1 N–H and O–H groups in total. The summed E-state index contributed by atoms with van der Waals surface area (Å²) in [7, 11) is 2.11. The summed E-state index contributed by atoms with van der Waals surface area (Å²) in [5.41, 5.74) is 2.94. The maximum Gasteiger partial charge on any atom is 0.00672 e. The smallest absolute Gasteiger partial charge is 0.00672 e. The van der Waals surface area contributed by atoms with Gasteiger partial charge in [0.1, 0.15) is 0 Å². The monoisotopic (exact) mass is 275 g/mol. The van der Waals surface area contributed by atoms with Crippen LogP contribution >= 0.6 is 0 Å². The normalized spacial score (nSPS) is 12.6. The second kappa shape index (κ2) is 10.9. The Bertz CT molecular complexity index is 345. The van der Waals surface area contributed by atoms with Gasteiger partial charge in [-0.1, -0.05) is 69.7 Å². The van der Waals surface area contributed by atoms with Gasteiger partial charge < -0.3 is 5.32 Å². The van der Waals surface area contributed by atoms with E-state index in [-0.39, 0.29) is 0 Å². The molecule has 1 atom stereocenters. The number of aryl methyl sites for hydroxylation is 2. The molecule has 0 spiro atoms. The van der Waals surface area contributed by atoms with E-state index >= 15 is 0 Å². The molecule has 20 heavy (non-hydrogen) atoms. The van der Waals surface area contributed by atoms with Crippen LogP contribution in [0.4, 0.5) is 0 Å². The van der Waals surface area contributed by atoms with Crippen LogP contribution in [0.25, 0.3) is 0 Å². The van der Waals surface area contributed by atoms with Gasteiger partial charge in [0.2, 0.25) is 0 Å². The van der Waals surface area contributed by atoms with Crippen molar-refractivity contribution in [2.75, 3.05) is 7.05 Å². The van der Waals surface area contributed by atoms with Gasteiger partial charge in [-0.15, -0.1) is 0 Å². The summed E-state index contributed by atoms with van der Waals surface area (Å²) in [5.74, 6) is 0. The lowest BCUT2D eigenvalue weighted by Gasteiger charge is -2.16. The first-order valence-electron chi connectivity index (χ1n) is 8.49. The molecular weight excluding hydrogens is 242 g/mol. The molecule has 0 amide bonds. The molecule has 0 fully saturated rings. The summed E-state index contributed by atoms with van der Waals surface area (Å²) in [6, 6.07) is 9.46.